The van der Waals surface area contributed by atoms with Gasteiger partial charge in [-0.1, -0.05) is 40.2 Å². The number of anilines is 1. The molecule has 0 aliphatic carbocycles. The quantitative estimate of drug-likeness (QED) is 0.738. The third-order valence-corrected chi connectivity index (χ3v) is 4.45. The highest BCUT2D eigenvalue weighted by Gasteiger charge is 2.13. The molecule has 1 heterocycles. The van der Waals surface area contributed by atoms with Crippen LogP contribution in [0.5, 0.6) is 0 Å². The first-order valence-corrected chi connectivity index (χ1v) is 7.79. The summed E-state index contributed by atoms with van der Waals surface area (Å²) < 4.78 is 2.98. The second-order valence-electron chi connectivity index (χ2n) is 5.35. The lowest BCUT2D eigenvalue weighted by molar-refractivity contribution is 0.756. The van der Waals surface area contributed by atoms with E-state index in [0.717, 1.165) is 15.9 Å². The summed E-state index contributed by atoms with van der Waals surface area (Å²) in [5.74, 6) is 0. The van der Waals surface area contributed by atoms with Gasteiger partial charge < -0.3 is 5.32 Å². The van der Waals surface area contributed by atoms with Gasteiger partial charge in [0, 0.05) is 34.4 Å². The number of fused-ring (bicyclic) bond motifs is 1. The van der Waals surface area contributed by atoms with Crippen molar-refractivity contribution < 1.29 is 0 Å². The average molecular weight is 344 g/mol. The standard InChI is InChI=1S/C17H18BrN3/c1-11(15-10-21(3)20-12(15)2)19-17-9-8-16(18)13-6-4-5-7-14(13)17/h4-11,19H,1-3H3. The van der Waals surface area contributed by atoms with Crippen LogP contribution in [0.15, 0.2) is 47.1 Å². The van der Waals surface area contributed by atoms with E-state index in [-0.39, 0.29) is 6.04 Å². The van der Waals surface area contributed by atoms with Gasteiger partial charge in [-0.25, -0.2) is 0 Å². The van der Waals surface area contributed by atoms with Crippen LogP contribution in [-0.2, 0) is 7.05 Å². The molecular formula is C17H18BrN3. The van der Waals surface area contributed by atoms with Gasteiger partial charge >= 0.3 is 0 Å². The van der Waals surface area contributed by atoms with Gasteiger partial charge in [0.05, 0.1) is 11.7 Å². The van der Waals surface area contributed by atoms with Gasteiger partial charge in [0.2, 0.25) is 0 Å². The molecule has 0 saturated heterocycles. The molecule has 108 valence electrons. The van der Waals surface area contributed by atoms with Crippen LogP contribution in [0, 0.1) is 6.92 Å². The predicted molar refractivity (Wildman–Crippen MR) is 91.6 cm³/mol. The molecule has 1 unspecified atom stereocenters. The van der Waals surface area contributed by atoms with Crippen LogP contribution in [0.25, 0.3) is 10.8 Å². The van der Waals surface area contributed by atoms with Crippen LogP contribution in [0.3, 0.4) is 0 Å². The minimum Gasteiger partial charge on any atom is -0.378 e. The van der Waals surface area contributed by atoms with Gasteiger partial charge in [-0.3, -0.25) is 4.68 Å². The van der Waals surface area contributed by atoms with Crippen LogP contribution in [0.2, 0.25) is 0 Å². The lowest BCUT2D eigenvalue weighted by Gasteiger charge is -2.17. The maximum absolute atomic E-state index is 4.42. The second-order valence-corrected chi connectivity index (χ2v) is 6.20. The lowest BCUT2D eigenvalue weighted by atomic mass is 10.1. The molecule has 0 spiro atoms. The van der Waals surface area contributed by atoms with Crippen LogP contribution in [-0.4, -0.2) is 9.78 Å². The molecular weight excluding hydrogens is 326 g/mol. The molecule has 3 aromatic rings. The number of hydrogen-bond donors (Lipinski definition) is 1. The molecule has 0 fully saturated rings. The van der Waals surface area contributed by atoms with Crippen LogP contribution in [0.1, 0.15) is 24.2 Å². The molecule has 0 saturated carbocycles. The largest absolute Gasteiger partial charge is 0.378 e. The number of halogens is 1. The van der Waals surface area contributed by atoms with E-state index in [0.29, 0.717) is 0 Å². The summed E-state index contributed by atoms with van der Waals surface area (Å²) in [6.07, 6.45) is 2.08. The van der Waals surface area contributed by atoms with Gasteiger partial charge in [-0.15, -0.1) is 0 Å². The molecule has 0 radical (unpaired) electrons. The number of nitrogens with one attached hydrogen (secondary N) is 1. The Labute approximate surface area is 133 Å². The third-order valence-electron chi connectivity index (χ3n) is 3.76. The summed E-state index contributed by atoms with van der Waals surface area (Å²) >= 11 is 3.62. The molecule has 2 aromatic carbocycles. The fraction of sp³-hybridized carbons (Fsp3) is 0.235. The molecule has 0 aliphatic heterocycles. The van der Waals surface area contributed by atoms with E-state index in [1.165, 1.54) is 16.3 Å². The second kappa shape index (κ2) is 5.53. The number of rotatable bonds is 3. The molecule has 0 amide bonds. The van der Waals surface area contributed by atoms with E-state index >= 15 is 0 Å². The maximum atomic E-state index is 4.42. The molecule has 1 aromatic heterocycles. The fourth-order valence-corrected chi connectivity index (χ4v) is 3.22. The van der Waals surface area contributed by atoms with E-state index in [1.807, 2.05) is 18.7 Å². The molecule has 0 aliphatic rings. The number of hydrogen-bond acceptors (Lipinski definition) is 2. The third kappa shape index (κ3) is 2.68. The Balaban J connectivity index is 1.99. The zero-order valence-electron chi connectivity index (χ0n) is 12.4. The van der Waals surface area contributed by atoms with Crippen LogP contribution >= 0.6 is 15.9 Å². The first-order chi connectivity index (χ1) is 10.1. The van der Waals surface area contributed by atoms with Gasteiger partial charge in [-0.2, -0.15) is 5.10 Å². The molecule has 0 bridgehead atoms. The van der Waals surface area contributed by atoms with E-state index in [9.17, 15) is 0 Å². The van der Waals surface area contributed by atoms with Crippen molar-refractivity contribution in [2.75, 3.05) is 5.32 Å². The monoisotopic (exact) mass is 343 g/mol. The van der Waals surface area contributed by atoms with E-state index in [4.69, 9.17) is 0 Å². The van der Waals surface area contributed by atoms with Crippen molar-refractivity contribution in [2.24, 2.45) is 7.05 Å². The van der Waals surface area contributed by atoms with Crippen molar-refractivity contribution in [3.8, 4) is 0 Å². The normalized spacial score (nSPS) is 12.6. The summed E-state index contributed by atoms with van der Waals surface area (Å²) in [5, 5.41) is 10.5. The number of aromatic nitrogens is 2. The van der Waals surface area contributed by atoms with Crippen LogP contribution < -0.4 is 5.32 Å². The SMILES string of the molecule is Cc1nn(C)cc1C(C)Nc1ccc(Br)c2ccccc12. The van der Waals surface area contributed by atoms with Gasteiger partial charge in [0.15, 0.2) is 0 Å². The first-order valence-electron chi connectivity index (χ1n) is 7.00. The highest BCUT2D eigenvalue weighted by Crippen LogP contribution is 2.32. The minimum absolute atomic E-state index is 0.211. The molecule has 4 heteroatoms. The molecule has 1 N–H and O–H groups in total. The van der Waals surface area contributed by atoms with Crippen molar-refractivity contribution >= 4 is 32.4 Å². The summed E-state index contributed by atoms with van der Waals surface area (Å²) in [4.78, 5) is 0. The van der Waals surface area contributed by atoms with Crippen LogP contribution in [0.4, 0.5) is 5.69 Å². The minimum atomic E-state index is 0.211. The Morgan fingerprint density at radius 1 is 1.14 bits per heavy atom. The lowest BCUT2D eigenvalue weighted by Crippen LogP contribution is -2.07. The van der Waals surface area contributed by atoms with Crippen molar-refractivity contribution in [3.05, 3.63) is 58.3 Å². The molecule has 3 nitrogen and oxygen atoms in total. The highest BCUT2D eigenvalue weighted by atomic mass is 79.9. The van der Waals surface area contributed by atoms with E-state index < -0.39 is 0 Å². The van der Waals surface area contributed by atoms with Crippen molar-refractivity contribution in [3.63, 3.8) is 0 Å². The Hall–Kier alpha value is -1.81. The number of benzene rings is 2. The Morgan fingerprint density at radius 2 is 1.86 bits per heavy atom. The van der Waals surface area contributed by atoms with Gasteiger partial charge in [-0.05, 0) is 31.4 Å². The Kier molecular flexibility index (Phi) is 3.72. The van der Waals surface area contributed by atoms with Gasteiger partial charge in [0.1, 0.15) is 0 Å². The summed E-state index contributed by atoms with van der Waals surface area (Å²) in [6.45, 7) is 4.22. The van der Waals surface area contributed by atoms with Crippen molar-refractivity contribution in [1.82, 2.24) is 9.78 Å². The molecule has 3 rings (SSSR count). The fourth-order valence-electron chi connectivity index (χ4n) is 2.74. The highest BCUT2D eigenvalue weighted by molar-refractivity contribution is 9.10. The topological polar surface area (TPSA) is 29.9 Å². The zero-order chi connectivity index (χ0) is 15.0. The molecule has 21 heavy (non-hydrogen) atoms. The summed E-state index contributed by atoms with van der Waals surface area (Å²) in [5.41, 5.74) is 3.44. The average Bonchev–Trinajstić information content (AvgIpc) is 2.81. The zero-order valence-corrected chi connectivity index (χ0v) is 14.0. The summed E-state index contributed by atoms with van der Waals surface area (Å²) in [7, 11) is 1.96. The summed E-state index contributed by atoms with van der Waals surface area (Å²) in [6, 6.07) is 12.8. The maximum Gasteiger partial charge on any atom is 0.0646 e. The van der Waals surface area contributed by atoms with E-state index in [1.54, 1.807) is 0 Å². The smallest absolute Gasteiger partial charge is 0.0646 e. The number of aryl methyl sites for hydroxylation is 2. The first kappa shape index (κ1) is 14.1. The predicted octanol–water partition coefficient (Wildman–Crippen LogP) is 4.82. The van der Waals surface area contributed by atoms with E-state index in [2.05, 4.69) is 75.9 Å². The van der Waals surface area contributed by atoms with Crippen molar-refractivity contribution in [2.45, 2.75) is 19.9 Å². The number of nitrogens with zero attached hydrogens (tertiary/aromatic N) is 2. The van der Waals surface area contributed by atoms with Gasteiger partial charge in [0.25, 0.3) is 0 Å². The Bertz CT molecular complexity index is 792. The van der Waals surface area contributed by atoms with Crippen molar-refractivity contribution in [1.29, 1.82) is 0 Å². The Morgan fingerprint density at radius 3 is 2.52 bits per heavy atom. The molecule has 1 atom stereocenters.